The number of halogens is 1. The van der Waals surface area contributed by atoms with E-state index in [0.29, 0.717) is 11.4 Å². The molecule has 0 bridgehead atoms. The van der Waals surface area contributed by atoms with Gasteiger partial charge in [0, 0.05) is 42.7 Å². The zero-order chi connectivity index (χ0) is 24.1. The standard InChI is InChI=1S/C28H22ClN5O/c1-32-21(16-30-28(32)34-17-31-24-8-3-4-9-26(24)34)12-18-10-11-25-23(13-18)22(15-27(35)33(25)2)19-6-5-7-20(29)14-19/h3-11,13-17H,12H2,1-2H3. The monoisotopic (exact) mass is 479 g/mol. The Morgan fingerprint density at radius 1 is 0.857 bits per heavy atom. The molecule has 3 heterocycles. The van der Waals surface area contributed by atoms with E-state index < -0.39 is 0 Å². The van der Waals surface area contributed by atoms with Crippen molar-refractivity contribution in [3.63, 3.8) is 0 Å². The van der Waals surface area contributed by atoms with Crippen LogP contribution in [0.15, 0.2) is 90.1 Å². The Morgan fingerprint density at radius 2 is 1.71 bits per heavy atom. The van der Waals surface area contributed by atoms with Crippen molar-refractivity contribution in [2.45, 2.75) is 6.42 Å². The third kappa shape index (κ3) is 3.63. The SMILES string of the molecule is Cn1c(Cc2ccc3c(c2)c(-c2cccc(Cl)c2)cc(=O)n3C)cnc1-n1cnc2ccccc21. The van der Waals surface area contributed by atoms with Gasteiger partial charge in [0.05, 0.1) is 22.7 Å². The number of hydrogen-bond acceptors (Lipinski definition) is 3. The number of fused-ring (bicyclic) bond motifs is 2. The summed E-state index contributed by atoms with van der Waals surface area (Å²) in [6, 6.07) is 23.6. The van der Waals surface area contributed by atoms with E-state index in [-0.39, 0.29) is 5.56 Å². The highest BCUT2D eigenvalue weighted by Crippen LogP contribution is 2.30. The molecule has 3 aromatic heterocycles. The lowest BCUT2D eigenvalue weighted by molar-refractivity contribution is 0.791. The number of benzene rings is 3. The summed E-state index contributed by atoms with van der Waals surface area (Å²) in [6.45, 7) is 0. The first-order chi connectivity index (χ1) is 17.0. The molecule has 6 aromatic rings. The van der Waals surface area contributed by atoms with Crippen LogP contribution in [-0.2, 0) is 20.5 Å². The Labute approximate surface area is 206 Å². The van der Waals surface area contributed by atoms with Gasteiger partial charge in [-0.1, -0.05) is 41.9 Å². The third-order valence-electron chi connectivity index (χ3n) is 6.56. The van der Waals surface area contributed by atoms with Gasteiger partial charge < -0.3 is 9.13 Å². The van der Waals surface area contributed by atoms with E-state index >= 15 is 0 Å². The molecule has 0 aliphatic rings. The van der Waals surface area contributed by atoms with Gasteiger partial charge in [-0.15, -0.1) is 0 Å². The highest BCUT2D eigenvalue weighted by atomic mass is 35.5. The minimum atomic E-state index is -0.0518. The maximum atomic E-state index is 12.7. The molecule has 0 aliphatic carbocycles. The lowest BCUT2D eigenvalue weighted by atomic mass is 9.98. The minimum absolute atomic E-state index is 0.0518. The molecular formula is C28H22ClN5O. The average molecular weight is 480 g/mol. The maximum Gasteiger partial charge on any atom is 0.251 e. The molecule has 0 radical (unpaired) electrons. The van der Waals surface area contributed by atoms with E-state index in [1.807, 2.05) is 78.7 Å². The molecule has 0 N–H and O–H groups in total. The number of hydrogen-bond donors (Lipinski definition) is 0. The molecule has 6 nitrogen and oxygen atoms in total. The zero-order valence-electron chi connectivity index (χ0n) is 19.3. The second-order valence-corrected chi connectivity index (χ2v) is 9.14. The van der Waals surface area contributed by atoms with Crippen LogP contribution in [0.5, 0.6) is 0 Å². The van der Waals surface area contributed by atoms with Crippen molar-refractivity contribution in [2.24, 2.45) is 14.1 Å². The smallest absolute Gasteiger partial charge is 0.251 e. The normalized spacial score (nSPS) is 11.5. The van der Waals surface area contributed by atoms with E-state index in [4.69, 9.17) is 16.6 Å². The number of para-hydroxylation sites is 2. The molecule has 0 unspecified atom stereocenters. The molecule has 0 saturated carbocycles. The molecule has 0 aliphatic heterocycles. The number of pyridine rings is 1. The van der Waals surface area contributed by atoms with Gasteiger partial charge in [0.15, 0.2) is 0 Å². The summed E-state index contributed by atoms with van der Waals surface area (Å²) in [4.78, 5) is 21.8. The van der Waals surface area contributed by atoms with Crippen LogP contribution in [0.2, 0.25) is 5.02 Å². The van der Waals surface area contributed by atoms with Crippen molar-refractivity contribution in [2.75, 3.05) is 0 Å². The lowest BCUT2D eigenvalue weighted by Crippen LogP contribution is -2.16. The first-order valence-corrected chi connectivity index (χ1v) is 11.7. The van der Waals surface area contributed by atoms with Crippen molar-refractivity contribution in [1.29, 1.82) is 0 Å². The van der Waals surface area contributed by atoms with Crippen molar-refractivity contribution in [3.05, 3.63) is 112 Å². The molecule has 0 fully saturated rings. The van der Waals surface area contributed by atoms with Gasteiger partial charge in [-0.05, 0) is 53.1 Å². The van der Waals surface area contributed by atoms with Gasteiger partial charge in [0.2, 0.25) is 5.95 Å². The molecule has 172 valence electrons. The van der Waals surface area contributed by atoms with Crippen LogP contribution in [0.25, 0.3) is 39.0 Å². The molecular weight excluding hydrogens is 458 g/mol. The molecule has 6 rings (SSSR count). The van der Waals surface area contributed by atoms with Crippen molar-refractivity contribution in [1.82, 2.24) is 23.7 Å². The number of aryl methyl sites for hydroxylation is 1. The fourth-order valence-electron chi connectivity index (χ4n) is 4.66. The zero-order valence-corrected chi connectivity index (χ0v) is 20.1. The molecule has 0 saturated heterocycles. The number of rotatable bonds is 4. The van der Waals surface area contributed by atoms with E-state index in [1.165, 1.54) is 0 Å². The molecule has 7 heteroatoms. The molecule has 0 amide bonds. The Kier molecular flexibility index (Phi) is 5.04. The molecule has 0 atom stereocenters. The number of aromatic nitrogens is 5. The average Bonchev–Trinajstić information content (AvgIpc) is 3.44. The Bertz CT molecular complexity index is 1790. The second kappa shape index (κ2) is 8.25. The number of imidazole rings is 2. The Hall–Kier alpha value is -4.16. The summed E-state index contributed by atoms with van der Waals surface area (Å²) in [5.74, 6) is 0.816. The quantitative estimate of drug-likeness (QED) is 0.334. The van der Waals surface area contributed by atoms with Crippen LogP contribution < -0.4 is 5.56 Å². The van der Waals surface area contributed by atoms with Gasteiger partial charge in [-0.2, -0.15) is 0 Å². The lowest BCUT2D eigenvalue weighted by Gasteiger charge is -2.13. The Morgan fingerprint density at radius 3 is 2.57 bits per heavy atom. The van der Waals surface area contributed by atoms with E-state index in [2.05, 4.69) is 21.7 Å². The number of nitrogens with zero attached hydrogens (tertiary/aromatic N) is 5. The predicted molar refractivity (Wildman–Crippen MR) is 140 cm³/mol. The maximum absolute atomic E-state index is 12.7. The highest BCUT2D eigenvalue weighted by molar-refractivity contribution is 6.30. The third-order valence-corrected chi connectivity index (χ3v) is 6.80. The largest absolute Gasteiger partial charge is 0.317 e. The molecule has 3 aromatic carbocycles. The fraction of sp³-hybridized carbons (Fsp3) is 0.107. The van der Waals surface area contributed by atoms with Crippen LogP contribution in [0.3, 0.4) is 0 Å². The van der Waals surface area contributed by atoms with Gasteiger partial charge in [0.1, 0.15) is 6.33 Å². The van der Waals surface area contributed by atoms with Gasteiger partial charge in [0.25, 0.3) is 5.56 Å². The van der Waals surface area contributed by atoms with Crippen molar-refractivity contribution in [3.8, 4) is 17.1 Å². The van der Waals surface area contributed by atoms with E-state index in [0.717, 1.165) is 50.3 Å². The molecule has 35 heavy (non-hydrogen) atoms. The first kappa shape index (κ1) is 21.4. The van der Waals surface area contributed by atoms with Crippen LogP contribution >= 0.6 is 11.6 Å². The summed E-state index contributed by atoms with van der Waals surface area (Å²) in [5, 5.41) is 1.65. The minimum Gasteiger partial charge on any atom is -0.317 e. The van der Waals surface area contributed by atoms with Gasteiger partial charge >= 0.3 is 0 Å². The summed E-state index contributed by atoms with van der Waals surface area (Å²) in [5.41, 5.74) is 6.79. The molecule has 0 spiro atoms. The predicted octanol–water partition coefficient (Wildman–Crippen LogP) is 5.52. The first-order valence-electron chi connectivity index (χ1n) is 11.3. The second-order valence-electron chi connectivity index (χ2n) is 8.71. The fourth-order valence-corrected chi connectivity index (χ4v) is 4.85. The van der Waals surface area contributed by atoms with Gasteiger partial charge in [-0.3, -0.25) is 9.36 Å². The van der Waals surface area contributed by atoms with Gasteiger partial charge in [-0.25, -0.2) is 9.97 Å². The summed E-state index contributed by atoms with van der Waals surface area (Å²) < 4.78 is 5.78. The van der Waals surface area contributed by atoms with E-state index in [9.17, 15) is 4.79 Å². The highest BCUT2D eigenvalue weighted by Gasteiger charge is 2.14. The van der Waals surface area contributed by atoms with Crippen molar-refractivity contribution >= 4 is 33.5 Å². The Balaban J connectivity index is 1.43. The van der Waals surface area contributed by atoms with Crippen LogP contribution in [-0.4, -0.2) is 23.7 Å². The summed E-state index contributed by atoms with van der Waals surface area (Å²) in [6.07, 6.45) is 4.42. The van der Waals surface area contributed by atoms with E-state index in [1.54, 1.807) is 17.7 Å². The summed E-state index contributed by atoms with van der Waals surface area (Å²) in [7, 11) is 3.82. The summed E-state index contributed by atoms with van der Waals surface area (Å²) >= 11 is 6.25. The van der Waals surface area contributed by atoms with Crippen LogP contribution in [0, 0.1) is 0 Å². The van der Waals surface area contributed by atoms with Crippen LogP contribution in [0.1, 0.15) is 11.3 Å². The van der Waals surface area contributed by atoms with Crippen LogP contribution in [0.4, 0.5) is 0 Å². The van der Waals surface area contributed by atoms with Crippen molar-refractivity contribution < 1.29 is 0 Å². The topological polar surface area (TPSA) is 57.6 Å².